The van der Waals surface area contributed by atoms with Crippen LogP contribution in [0.1, 0.15) is 20.7 Å². The van der Waals surface area contributed by atoms with Crippen LogP contribution in [-0.4, -0.2) is 26.9 Å². The van der Waals surface area contributed by atoms with Crippen LogP contribution in [0.25, 0.3) is 21.5 Å². The van der Waals surface area contributed by atoms with E-state index in [1.807, 2.05) is 60.7 Å². The second-order valence-corrected chi connectivity index (χ2v) is 9.29. The number of benzene rings is 4. The van der Waals surface area contributed by atoms with E-state index in [2.05, 4.69) is 33.2 Å². The molecule has 0 saturated carbocycles. The van der Waals surface area contributed by atoms with Crippen LogP contribution in [-0.2, 0) is 0 Å². The molecule has 4 aromatic carbocycles. The van der Waals surface area contributed by atoms with Gasteiger partial charge in [-0.2, -0.15) is 0 Å². The molecule has 7 nitrogen and oxygen atoms in total. The summed E-state index contributed by atoms with van der Waals surface area (Å²) in [5.41, 5.74) is 1.18. The fourth-order valence-electron chi connectivity index (χ4n) is 4.07. The first-order valence-electron chi connectivity index (χ1n) is 12.4. The lowest BCUT2D eigenvalue weighted by atomic mass is 10.1. The van der Waals surface area contributed by atoms with E-state index in [4.69, 9.17) is 0 Å². The standard InChI is InChI=1S/C16H12N2O2.C16H12N2OS/c19-13-6-7-14-12(10-13)8-9-17-15(14)18-16(20)11-4-2-1-3-5-11;19-16(11-4-2-1-3-5-11)18-15-14-7-6-13(20)10-12(14)8-9-17-15/h1-10,19H,(H,17,18,20);1-10,20H,(H,17,18,19). The molecule has 6 aromatic rings. The second kappa shape index (κ2) is 12.1. The van der Waals surface area contributed by atoms with E-state index >= 15 is 0 Å². The Bertz CT molecular complexity index is 1680. The Morgan fingerprint density at radius 2 is 1.07 bits per heavy atom. The van der Waals surface area contributed by atoms with E-state index < -0.39 is 0 Å². The summed E-state index contributed by atoms with van der Waals surface area (Å²) in [4.78, 5) is 33.6. The zero-order valence-electron chi connectivity index (χ0n) is 21.2. The molecule has 0 spiro atoms. The second-order valence-electron chi connectivity index (χ2n) is 8.77. The smallest absolute Gasteiger partial charge is 0.256 e. The number of nitrogens with zero attached hydrogens (tertiary/aromatic N) is 2. The highest BCUT2D eigenvalue weighted by atomic mass is 32.1. The van der Waals surface area contributed by atoms with Gasteiger partial charge < -0.3 is 15.7 Å². The number of amides is 2. The Labute approximate surface area is 236 Å². The molecule has 0 fully saturated rings. The highest BCUT2D eigenvalue weighted by Gasteiger charge is 2.10. The van der Waals surface area contributed by atoms with Crippen LogP contribution in [0.5, 0.6) is 5.75 Å². The molecule has 2 amide bonds. The molecule has 0 saturated heterocycles. The van der Waals surface area contributed by atoms with Gasteiger partial charge >= 0.3 is 0 Å². The number of aromatic hydroxyl groups is 1. The molecule has 0 bridgehead atoms. The van der Waals surface area contributed by atoms with Gasteiger partial charge in [0.15, 0.2) is 0 Å². The molecule has 196 valence electrons. The SMILES string of the molecule is O=C(Nc1nccc2cc(O)ccc12)c1ccccc1.O=C(Nc1nccc2cc(S)ccc12)c1ccccc1. The Kier molecular flexibility index (Phi) is 7.99. The van der Waals surface area contributed by atoms with Crippen molar-refractivity contribution in [2.45, 2.75) is 4.90 Å². The molecule has 0 aliphatic heterocycles. The minimum atomic E-state index is -0.210. The predicted molar refractivity (Wildman–Crippen MR) is 161 cm³/mol. The molecule has 2 heterocycles. The number of nitrogens with one attached hydrogen (secondary N) is 2. The largest absolute Gasteiger partial charge is 0.508 e. The predicted octanol–water partition coefficient (Wildman–Crippen LogP) is 6.97. The third kappa shape index (κ3) is 6.25. The van der Waals surface area contributed by atoms with Crippen molar-refractivity contribution in [2.75, 3.05) is 10.6 Å². The molecule has 0 aliphatic carbocycles. The van der Waals surface area contributed by atoms with Crippen molar-refractivity contribution in [3.05, 3.63) is 133 Å². The zero-order chi connectivity index (χ0) is 27.9. The number of rotatable bonds is 4. The molecular formula is C32H24N4O3S. The Morgan fingerprint density at radius 1 is 0.600 bits per heavy atom. The number of thiol groups is 1. The lowest BCUT2D eigenvalue weighted by molar-refractivity contribution is 0.101. The van der Waals surface area contributed by atoms with Gasteiger partial charge in [0.25, 0.3) is 11.8 Å². The summed E-state index contributed by atoms with van der Waals surface area (Å²) < 4.78 is 0. The Hall–Kier alpha value is -5.21. The number of phenols is 1. The number of hydrogen-bond donors (Lipinski definition) is 4. The third-order valence-corrected chi connectivity index (χ3v) is 6.31. The van der Waals surface area contributed by atoms with E-state index in [0.717, 1.165) is 26.4 Å². The van der Waals surface area contributed by atoms with Crippen LogP contribution in [0, 0.1) is 0 Å². The number of aromatic nitrogens is 2. The van der Waals surface area contributed by atoms with Crippen LogP contribution in [0.2, 0.25) is 0 Å². The summed E-state index contributed by atoms with van der Waals surface area (Å²) in [5.74, 6) is 0.851. The zero-order valence-corrected chi connectivity index (χ0v) is 22.0. The van der Waals surface area contributed by atoms with Crippen LogP contribution >= 0.6 is 12.6 Å². The van der Waals surface area contributed by atoms with E-state index in [9.17, 15) is 14.7 Å². The first-order chi connectivity index (χ1) is 19.5. The Balaban J connectivity index is 0.000000161. The maximum absolute atomic E-state index is 12.2. The molecule has 6 rings (SSSR count). The minimum absolute atomic E-state index is 0.166. The monoisotopic (exact) mass is 544 g/mol. The highest BCUT2D eigenvalue weighted by molar-refractivity contribution is 7.80. The summed E-state index contributed by atoms with van der Waals surface area (Å²) in [6.07, 6.45) is 3.28. The van der Waals surface area contributed by atoms with Gasteiger partial charge in [-0.25, -0.2) is 9.97 Å². The normalized spacial score (nSPS) is 10.4. The van der Waals surface area contributed by atoms with Crippen molar-refractivity contribution in [1.29, 1.82) is 0 Å². The summed E-state index contributed by atoms with van der Waals surface area (Å²) in [6.45, 7) is 0. The van der Waals surface area contributed by atoms with Crippen molar-refractivity contribution in [2.24, 2.45) is 0 Å². The van der Waals surface area contributed by atoms with E-state index in [0.29, 0.717) is 22.8 Å². The lowest BCUT2D eigenvalue weighted by Crippen LogP contribution is -2.12. The summed E-state index contributed by atoms with van der Waals surface area (Å²) >= 11 is 4.31. The van der Waals surface area contributed by atoms with Crippen molar-refractivity contribution in [3.63, 3.8) is 0 Å². The molecular weight excluding hydrogens is 520 g/mol. The summed E-state index contributed by atoms with van der Waals surface area (Å²) in [5, 5.41) is 18.6. The topological polar surface area (TPSA) is 104 Å². The first-order valence-corrected chi connectivity index (χ1v) is 12.8. The maximum Gasteiger partial charge on any atom is 0.256 e. The molecule has 0 unspecified atom stereocenters. The number of hydrogen-bond acceptors (Lipinski definition) is 6. The summed E-state index contributed by atoms with van der Waals surface area (Å²) in [7, 11) is 0. The average molecular weight is 545 g/mol. The number of fused-ring (bicyclic) bond motifs is 2. The van der Waals surface area contributed by atoms with Crippen LogP contribution < -0.4 is 10.6 Å². The fourth-order valence-corrected chi connectivity index (χ4v) is 4.28. The van der Waals surface area contributed by atoms with E-state index in [-0.39, 0.29) is 17.6 Å². The molecule has 0 atom stereocenters. The number of carbonyl (C=O) groups excluding carboxylic acids is 2. The molecule has 2 aromatic heterocycles. The van der Waals surface area contributed by atoms with E-state index in [1.165, 1.54) is 0 Å². The number of pyridine rings is 2. The molecule has 8 heteroatoms. The summed E-state index contributed by atoms with van der Waals surface area (Å²) in [6, 6.07) is 32.4. The van der Waals surface area contributed by atoms with Crippen LogP contribution in [0.3, 0.4) is 0 Å². The van der Waals surface area contributed by atoms with Crippen molar-refractivity contribution in [1.82, 2.24) is 9.97 Å². The van der Waals surface area contributed by atoms with Crippen molar-refractivity contribution >= 4 is 57.6 Å². The van der Waals surface area contributed by atoms with Gasteiger partial charge in [-0.1, -0.05) is 36.4 Å². The van der Waals surface area contributed by atoms with Gasteiger partial charge in [0.1, 0.15) is 17.4 Å². The van der Waals surface area contributed by atoms with Gasteiger partial charge in [0.05, 0.1) is 0 Å². The minimum Gasteiger partial charge on any atom is -0.508 e. The first kappa shape index (κ1) is 26.4. The molecule has 0 radical (unpaired) electrons. The highest BCUT2D eigenvalue weighted by Crippen LogP contribution is 2.25. The fraction of sp³-hybridized carbons (Fsp3) is 0. The van der Waals surface area contributed by atoms with Gasteiger partial charge in [-0.15, -0.1) is 12.6 Å². The number of phenolic OH excluding ortho intramolecular Hbond substituents is 1. The van der Waals surface area contributed by atoms with Gasteiger partial charge in [-0.3, -0.25) is 9.59 Å². The lowest BCUT2D eigenvalue weighted by Gasteiger charge is -2.08. The maximum atomic E-state index is 12.2. The van der Waals surface area contributed by atoms with Gasteiger partial charge in [-0.05, 0) is 83.6 Å². The molecule has 3 N–H and O–H groups in total. The van der Waals surface area contributed by atoms with E-state index in [1.54, 1.807) is 60.9 Å². The van der Waals surface area contributed by atoms with Crippen LogP contribution in [0.15, 0.2) is 126 Å². The van der Waals surface area contributed by atoms with Gasteiger partial charge in [0, 0.05) is 39.2 Å². The quantitative estimate of drug-likeness (QED) is 0.180. The van der Waals surface area contributed by atoms with Crippen molar-refractivity contribution in [3.8, 4) is 5.75 Å². The van der Waals surface area contributed by atoms with Crippen molar-refractivity contribution < 1.29 is 14.7 Å². The average Bonchev–Trinajstić information content (AvgIpc) is 2.98. The molecule has 0 aliphatic rings. The van der Waals surface area contributed by atoms with Crippen LogP contribution in [0.4, 0.5) is 11.6 Å². The third-order valence-electron chi connectivity index (χ3n) is 6.03. The Morgan fingerprint density at radius 3 is 1.60 bits per heavy atom. The molecule has 40 heavy (non-hydrogen) atoms. The number of anilines is 2. The number of carbonyl (C=O) groups is 2. The van der Waals surface area contributed by atoms with Gasteiger partial charge in [0.2, 0.25) is 0 Å².